The van der Waals surface area contributed by atoms with Gasteiger partial charge in [0.25, 0.3) is 5.56 Å². The summed E-state index contributed by atoms with van der Waals surface area (Å²) < 4.78 is 1.94. The van der Waals surface area contributed by atoms with Crippen molar-refractivity contribution in [1.29, 1.82) is 0 Å². The van der Waals surface area contributed by atoms with Crippen LogP contribution in [0.5, 0.6) is 5.75 Å². The standard InChI is InChI=1S/C18H19ClN2O2/c19-15-4-5-17(22)14(7-15)11-20-8-12-6-13(10-20)16-2-1-3-18(23)21(16)9-12/h1-5,7,12-13,22H,6,8-11H2/t12-,13-/m1/s1. The van der Waals surface area contributed by atoms with Gasteiger partial charge >= 0.3 is 0 Å². The van der Waals surface area contributed by atoms with E-state index < -0.39 is 0 Å². The van der Waals surface area contributed by atoms with Crippen LogP contribution in [0.25, 0.3) is 0 Å². The number of aromatic nitrogens is 1. The normalized spacial score (nSPS) is 23.5. The van der Waals surface area contributed by atoms with Gasteiger partial charge in [0.15, 0.2) is 0 Å². The van der Waals surface area contributed by atoms with Crippen molar-refractivity contribution in [2.75, 3.05) is 13.1 Å². The molecule has 3 heterocycles. The number of piperidine rings is 1. The summed E-state index contributed by atoms with van der Waals surface area (Å²) in [6.45, 7) is 3.34. The molecule has 2 aliphatic rings. The Bertz CT molecular complexity index is 802. The number of nitrogens with zero attached hydrogens (tertiary/aromatic N) is 2. The minimum Gasteiger partial charge on any atom is -0.508 e. The van der Waals surface area contributed by atoms with Crippen LogP contribution < -0.4 is 5.56 Å². The minimum atomic E-state index is 0.109. The Balaban J connectivity index is 1.59. The van der Waals surface area contributed by atoms with Gasteiger partial charge in [-0.1, -0.05) is 17.7 Å². The molecule has 1 aromatic heterocycles. The van der Waals surface area contributed by atoms with Crippen molar-refractivity contribution in [3.05, 3.63) is 63.0 Å². The molecule has 5 heteroatoms. The van der Waals surface area contributed by atoms with E-state index in [1.807, 2.05) is 16.7 Å². The highest BCUT2D eigenvalue weighted by atomic mass is 35.5. The lowest BCUT2D eigenvalue weighted by atomic mass is 9.83. The summed E-state index contributed by atoms with van der Waals surface area (Å²) >= 11 is 6.05. The second-order valence-corrected chi connectivity index (χ2v) is 7.10. The number of halogens is 1. The smallest absolute Gasteiger partial charge is 0.250 e. The highest BCUT2D eigenvalue weighted by Gasteiger charge is 2.34. The third-order valence-corrected chi connectivity index (χ3v) is 5.23. The van der Waals surface area contributed by atoms with Gasteiger partial charge in [-0.25, -0.2) is 0 Å². The zero-order valence-corrected chi connectivity index (χ0v) is 13.5. The molecule has 2 bridgehead atoms. The first-order valence-electron chi connectivity index (χ1n) is 7.99. The van der Waals surface area contributed by atoms with Crippen molar-refractivity contribution < 1.29 is 5.11 Å². The van der Waals surface area contributed by atoms with Crippen LogP contribution in [0.2, 0.25) is 5.02 Å². The molecule has 23 heavy (non-hydrogen) atoms. The SMILES string of the molecule is O=c1cccc2n1C[C@@H]1C[C@@H]2CN(Cc2cc(Cl)ccc2O)C1. The van der Waals surface area contributed by atoms with Gasteiger partial charge in [-0.05, 0) is 36.6 Å². The van der Waals surface area contributed by atoms with Crippen LogP contribution in [0.15, 0.2) is 41.2 Å². The lowest BCUT2D eigenvalue weighted by Gasteiger charge is -2.42. The first-order chi connectivity index (χ1) is 11.1. The van der Waals surface area contributed by atoms with Gasteiger partial charge < -0.3 is 9.67 Å². The summed E-state index contributed by atoms with van der Waals surface area (Å²) in [5.74, 6) is 1.17. The fourth-order valence-corrected chi connectivity index (χ4v) is 4.24. The number of benzene rings is 1. The summed E-state index contributed by atoms with van der Waals surface area (Å²) in [7, 11) is 0. The molecule has 1 aromatic carbocycles. The summed E-state index contributed by atoms with van der Waals surface area (Å²) in [4.78, 5) is 14.4. The molecule has 120 valence electrons. The van der Waals surface area contributed by atoms with E-state index in [-0.39, 0.29) is 5.56 Å². The zero-order valence-electron chi connectivity index (χ0n) is 12.8. The Morgan fingerprint density at radius 1 is 1.17 bits per heavy atom. The van der Waals surface area contributed by atoms with E-state index in [4.69, 9.17) is 11.6 Å². The van der Waals surface area contributed by atoms with Crippen molar-refractivity contribution in [2.24, 2.45) is 5.92 Å². The highest BCUT2D eigenvalue weighted by molar-refractivity contribution is 6.30. The quantitative estimate of drug-likeness (QED) is 0.921. The number of likely N-dealkylation sites (tertiary alicyclic amines) is 1. The Hall–Kier alpha value is -1.78. The summed E-state index contributed by atoms with van der Waals surface area (Å²) in [6.07, 6.45) is 1.14. The van der Waals surface area contributed by atoms with E-state index in [0.717, 1.165) is 37.3 Å². The molecule has 0 saturated carbocycles. The van der Waals surface area contributed by atoms with Crippen LogP contribution in [0.4, 0.5) is 0 Å². The van der Waals surface area contributed by atoms with Gasteiger partial charge in [0.1, 0.15) is 5.75 Å². The summed E-state index contributed by atoms with van der Waals surface area (Å²) in [6, 6.07) is 10.8. The highest BCUT2D eigenvalue weighted by Crippen LogP contribution is 2.36. The first kappa shape index (κ1) is 14.8. The molecule has 1 saturated heterocycles. The monoisotopic (exact) mass is 330 g/mol. The molecular weight excluding hydrogens is 312 g/mol. The molecule has 1 N–H and O–H groups in total. The van der Waals surface area contributed by atoms with Crippen LogP contribution in [0.1, 0.15) is 23.6 Å². The zero-order chi connectivity index (χ0) is 16.0. The van der Waals surface area contributed by atoms with Crippen molar-refractivity contribution in [3.63, 3.8) is 0 Å². The number of pyridine rings is 1. The predicted molar refractivity (Wildman–Crippen MR) is 89.9 cm³/mol. The topological polar surface area (TPSA) is 45.5 Å². The van der Waals surface area contributed by atoms with Crippen molar-refractivity contribution in [2.45, 2.75) is 25.4 Å². The number of rotatable bonds is 2. The minimum absolute atomic E-state index is 0.109. The molecule has 0 spiro atoms. The van der Waals surface area contributed by atoms with Crippen LogP contribution >= 0.6 is 11.6 Å². The van der Waals surface area contributed by atoms with E-state index in [0.29, 0.717) is 29.2 Å². The third-order valence-electron chi connectivity index (χ3n) is 4.99. The lowest BCUT2D eigenvalue weighted by molar-refractivity contribution is 0.113. The third kappa shape index (κ3) is 2.77. The van der Waals surface area contributed by atoms with E-state index in [2.05, 4.69) is 11.0 Å². The molecule has 0 amide bonds. The fraction of sp³-hybridized carbons (Fsp3) is 0.389. The van der Waals surface area contributed by atoms with Gasteiger partial charge in [-0.2, -0.15) is 0 Å². The molecule has 1 fully saturated rings. The van der Waals surface area contributed by atoms with E-state index in [1.165, 1.54) is 0 Å². The van der Waals surface area contributed by atoms with Gasteiger partial charge in [0.2, 0.25) is 0 Å². The molecule has 4 nitrogen and oxygen atoms in total. The summed E-state index contributed by atoms with van der Waals surface area (Å²) in [5, 5.41) is 10.7. The number of hydrogen-bond donors (Lipinski definition) is 1. The summed E-state index contributed by atoms with van der Waals surface area (Å²) in [5.41, 5.74) is 2.12. The largest absolute Gasteiger partial charge is 0.508 e. The van der Waals surface area contributed by atoms with Crippen molar-refractivity contribution in [3.8, 4) is 5.75 Å². The number of fused-ring (bicyclic) bond motifs is 4. The number of phenolic OH excluding ortho intramolecular Hbond substituents is 1. The van der Waals surface area contributed by atoms with Crippen LogP contribution in [0.3, 0.4) is 0 Å². The average Bonchev–Trinajstić information content (AvgIpc) is 2.52. The average molecular weight is 331 g/mol. The Kier molecular flexibility index (Phi) is 3.66. The lowest BCUT2D eigenvalue weighted by Crippen LogP contribution is -2.46. The Morgan fingerprint density at radius 3 is 2.91 bits per heavy atom. The second-order valence-electron chi connectivity index (χ2n) is 6.67. The predicted octanol–water partition coefficient (Wildman–Crippen LogP) is 2.83. The van der Waals surface area contributed by atoms with Crippen LogP contribution in [0, 0.1) is 5.92 Å². The maximum atomic E-state index is 12.1. The number of hydrogen-bond acceptors (Lipinski definition) is 3. The van der Waals surface area contributed by atoms with E-state index in [1.54, 1.807) is 18.2 Å². The molecule has 0 radical (unpaired) electrons. The molecule has 2 aliphatic heterocycles. The van der Waals surface area contributed by atoms with Crippen molar-refractivity contribution in [1.82, 2.24) is 9.47 Å². The molecule has 2 aromatic rings. The number of phenols is 1. The maximum Gasteiger partial charge on any atom is 0.250 e. The van der Waals surface area contributed by atoms with Crippen LogP contribution in [-0.4, -0.2) is 27.7 Å². The molecule has 0 aliphatic carbocycles. The Morgan fingerprint density at radius 2 is 2.04 bits per heavy atom. The Labute approximate surface area is 139 Å². The second kappa shape index (κ2) is 5.69. The molecule has 2 atom stereocenters. The maximum absolute atomic E-state index is 12.1. The molecular formula is C18H19ClN2O2. The number of aromatic hydroxyl groups is 1. The fourth-order valence-electron chi connectivity index (χ4n) is 4.05. The van der Waals surface area contributed by atoms with Gasteiger partial charge in [-0.3, -0.25) is 9.69 Å². The van der Waals surface area contributed by atoms with Crippen molar-refractivity contribution >= 4 is 11.6 Å². The van der Waals surface area contributed by atoms with Gasteiger partial charge in [-0.15, -0.1) is 0 Å². The van der Waals surface area contributed by atoms with Crippen LogP contribution in [-0.2, 0) is 13.1 Å². The van der Waals surface area contributed by atoms with E-state index in [9.17, 15) is 9.90 Å². The molecule has 4 rings (SSSR count). The first-order valence-corrected chi connectivity index (χ1v) is 8.37. The van der Waals surface area contributed by atoms with Gasteiger partial charge in [0.05, 0.1) is 0 Å². The molecule has 0 unspecified atom stereocenters. The van der Waals surface area contributed by atoms with Gasteiger partial charge in [0, 0.05) is 54.4 Å². The van der Waals surface area contributed by atoms with E-state index >= 15 is 0 Å².